The van der Waals surface area contributed by atoms with Crippen molar-refractivity contribution in [3.8, 4) is 0 Å². The molecule has 1 saturated heterocycles. The molecular weight excluding hydrogens is 208 g/mol. The van der Waals surface area contributed by atoms with Crippen LogP contribution in [0.15, 0.2) is 60.7 Å². The van der Waals surface area contributed by atoms with Crippen LogP contribution in [0.4, 0.5) is 0 Å². The summed E-state index contributed by atoms with van der Waals surface area (Å²) < 4.78 is 5.68. The Balaban J connectivity index is 1.91. The van der Waals surface area contributed by atoms with Gasteiger partial charge in [-0.25, -0.2) is 0 Å². The van der Waals surface area contributed by atoms with Crippen LogP contribution < -0.4 is 0 Å². The third-order valence-corrected chi connectivity index (χ3v) is 3.54. The molecule has 0 radical (unpaired) electrons. The zero-order valence-electron chi connectivity index (χ0n) is 9.75. The molecule has 0 amide bonds. The fraction of sp³-hybridized carbons (Fsp3) is 0.250. The summed E-state index contributed by atoms with van der Waals surface area (Å²) in [5.74, 6) is 0.997. The molecule has 2 atom stereocenters. The Morgan fingerprint density at radius 3 is 1.47 bits per heavy atom. The molecule has 0 saturated carbocycles. The van der Waals surface area contributed by atoms with E-state index in [1.165, 1.54) is 11.1 Å². The zero-order chi connectivity index (χ0) is 11.5. The average Bonchev–Trinajstić information content (AvgIpc) is 2.90. The Labute approximate surface area is 102 Å². The predicted octanol–water partition coefficient (Wildman–Crippen LogP) is 3.58. The molecule has 2 aromatic rings. The van der Waals surface area contributed by atoms with Gasteiger partial charge in [-0.05, 0) is 11.1 Å². The highest BCUT2D eigenvalue weighted by Crippen LogP contribution is 2.37. The zero-order valence-corrected chi connectivity index (χ0v) is 9.75. The predicted molar refractivity (Wildman–Crippen MR) is 69.2 cm³/mol. The molecule has 0 aliphatic carbocycles. The molecule has 1 fully saturated rings. The third kappa shape index (κ3) is 2.11. The monoisotopic (exact) mass is 224 g/mol. The molecule has 1 aliphatic rings. The Morgan fingerprint density at radius 1 is 0.647 bits per heavy atom. The fourth-order valence-electron chi connectivity index (χ4n) is 2.61. The minimum absolute atomic E-state index is 0.499. The number of rotatable bonds is 2. The first kappa shape index (κ1) is 10.5. The summed E-state index contributed by atoms with van der Waals surface area (Å²) in [5, 5.41) is 0. The highest BCUT2D eigenvalue weighted by atomic mass is 16.5. The van der Waals surface area contributed by atoms with Gasteiger partial charge < -0.3 is 4.74 Å². The molecule has 1 nitrogen and oxygen atoms in total. The van der Waals surface area contributed by atoms with Crippen molar-refractivity contribution in [1.82, 2.24) is 0 Å². The Bertz CT molecular complexity index is 418. The smallest absolute Gasteiger partial charge is 0.0541 e. The average molecular weight is 224 g/mol. The second-order valence-electron chi connectivity index (χ2n) is 4.57. The van der Waals surface area contributed by atoms with Gasteiger partial charge in [0.1, 0.15) is 0 Å². The van der Waals surface area contributed by atoms with E-state index in [4.69, 9.17) is 4.74 Å². The van der Waals surface area contributed by atoms with Gasteiger partial charge in [0.15, 0.2) is 0 Å². The van der Waals surface area contributed by atoms with Crippen molar-refractivity contribution in [3.05, 3.63) is 71.8 Å². The van der Waals surface area contributed by atoms with Crippen molar-refractivity contribution >= 4 is 0 Å². The van der Waals surface area contributed by atoms with Gasteiger partial charge in [0.2, 0.25) is 0 Å². The summed E-state index contributed by atoms with van der Waals surface area (Å²) in [6.07, 6.45) is 0. The highest BCUT2D eigenvalue weighted by molar-refractivity contribution is 5.30. The molecule has 0 bridgehead atoms. The first-order valence-corrected chi connectivity index (χ1v) is 6.13. The van der Waals surface area contributed by atoms with Gasteiger partial charge >= 0.3 is 0 Å². The standard InChI is InChI=1S/C16H16O/c1-3-7-13(8-4-1)15-11-17-12-16(15)14-9-5-2-6-10-14/h1-10,15-16H,11-12H2/t15-,16-/m0/s1. The van der Waals surface area contributed by atoms with Gasteiger partial charge in [-0.1, -0.05) is 60.7 Å². The van der Waals surface area contributed by atoms with Crippen LogP contribution in [-0.2, 0) is 4.74 Å². The lowest BCUT2D eigenvalue weighted by Gasteiger charge is -2.18. The van der Waals surface area contributed by atoms with Crippen LogP contribution in [0.1, 0.15) is 23.0 Å². The molecule has 1 aliphatic heterocycles. The largest absolute Gasteiger partial charge is 0.380 e. The van der Waals surface area contributed by atoms with E-state index in [1.807, 2.05) is 0 Å². The van der Waals surface area contributed by atoms with Crippen LogP contribution in [0, 0.1) is 0 Å². The lowest BCUT2D eigenvalue weighted by molar-refractivity contribution is 0.190. The molecule has 0 aromatic heterocycles. The second kappa shape index (κ2) is 4.72. The minimum atomic E-state index is 0.499. The quantitative estimate of drug-likeness (QED) is 0.757. The normalized spacial score (nSPS) is 23.8. The molecule has 3 rings (SSSR count). The summed E-state index contributed by atoms with van der Waals surface area (Å²) in [7, 11) is 0. The first-order chi connectivity index (χ1) is 8.45. The highest BCUT2D eigenvalue weighted by Gasteiger charge is 2.30. The number of ether oxygens (including phenoxy) is 1. The molecule has 1 heteroatoms. The number of hydrogen-bond acceptors (Lipinski definition) is 1. The molecule has 2 aromatic carbocycles. The van der Waals surface area contributed by atoms with E-state index in [0.717, 1.165) is 13.2 Å². The lowest BCUT2D eigenvalue weighted by atomic mass is 9.84. The van der Waals surface area contributed by atoms with Crippen molar-refractivity contribution < 1.29 is 4.74 Å². The summed E-state index contributed by atoms with van der Waals surface area (Å²) in [5.41, 5.74) is 2.78. The SMILES string of the molecule is c1ccc([C@@H]2COC[C@H]2c2ccccc2)cc1. The summed E-state index contributed by atoms with van der Waals surface area (Å²) >= 11 is 0. The van der Waals surface area contributed by atoms with E-state index in [0.29, 0.717) is 11.8 Å². The van der Waals surface area contributed by atoms with E-state index in [-0.39, 0.29) is 0 Å². The van der Waals surface area contributed by atoms with E-state index >= 15 is 0 Å². The minimum Gasteiger partial charge on any atom is -0.380 e. The van der Waals surface area contributed by atoms with Gasteiger partial charge in [0, 0.05) is 11.8 Å². The van der Waals surface area contributed by atoms with Crippen LogP contribution in [-0.4, -0.2) is 13.2 Å². The summed E-state index contributed by atoms with van der Waals surface area (Å²) in [4.78, 5) is 0. The Morgan fingerprint density at radius 2 is 1.06 bits per heavy atom. The Hall–Kier alpha value is -1.60. The summed E-state index contributed by atoms with van der Waals surface area (Å²) in [6, 6.07) is 21.4. The van der Waals surface area contributed by atoms with Crippen molar-refractivity contribution in [3.63, 3.8) is 0 Å². The van der Waals surface area contributed by atoms with E-state index in [9.17, 15) is 0 Å². The molecule has 0 spiro atoms. The Kier molecular flexibility index (Phi) is 2.93. The molecule has 0 N–H and O–H groups in total. The summed E-state index contributed by atoms with van der Waals surface area (Å²) in [6.45, 7) is 1.67. The maximum Gasteiger partial charge on any atom is 0.0541 e. The van der Waals surface area contributed by atoms with Gasteiger partial charge in [0.25, 0.3) is 0 Å². The number of hydrogen-bond donors (Lipinski definition) is 0. The maximum atomic E-state index is 5.68. The first-order valence-electron chi connectivity index (χ1n) is 6.13. The van der Waals surface area contributed by atoms with Crippen molar-refractivity contribution in [1.29, 1.82) is 0 Å². The maximum absolute atomic E-state index is 5.68. The molecule has 17 heavy (non-hydrogen) atoms. The van der Waals surface area contributed by atoms with Gasteiger partial charge in [0.05, 0.1) is 13.2 Å². The third-order valence-electron chi connectivity index (χ3n) is 3.54. The van der Waals surface area contributed by atoms with Crippen LogP contribution in [0.25, 0.3) is 0 Å². The fourth-order valence-corrected chi connectivity index (χ4v) is 2.61. The topological polar surface area (TPSA) is 9.23 Å². The van der Waals surface area contributed by atoms with E-state index in [1.54, 1.807) is 0 Å². The van der Waals surface area contributed by atoms with Gasteiger partial charge in [-0.3, -0.25) is 0 Å². The molecule has 86 valence electrons. The lowest BCUT2D eigenvalue weighted by Crippen LogP contribution is -2.08. The van der Waals surface area contributed by atoms with Crippen molar-refractivity contribution in [2.24, 2.45) is 0 Å². The van der Waals surface area contributed by atoms with Crippen LogP contribution >= 0.6 is 0 Å². The van der Waals surface area contributed by atoms with Gasteiger partial charge in [-0.15, -0.1) is 0 Å². The molecular formula is C16H16O. The van der Waals surface area contributed by atoms with Crippen molar-refractivity contribution in [2.75, 3.05) is 13.2 Å². The second-order valence-corrected chi connectivity index (χ2v) is 4.57. The van der Waals surface area contributed by atoms with E-state index in [2.05, 4.69) is 60.7 Å². The molecule has 1 heterocycles. The van der Waals surface area contributed by atoms with Crippen molar-refractivity contribution in [2.45, 2.75) is 11.8 Å². The molecule has 0 unspecified atom stereocenters. The van der Waals surface area contributed by atoms with Gasteiger partial charge in [-0.2, -0.15) is 0 Å². The van der Waals surface area contributed by atoms with E-state index < -0.39 is 0 Å². The van der Waals surface area contributed by atoms with Crippen LogP contribution in [0.3, 0.4) is 0 Å². The van der Waals surface area contributed by atoms with Crippen LogP contribution in [0.5, 0.6) is 0 Å². The van der Waals surface area contributed by atoms with Crippen LogP contribution in [0.2, 0.25) is 0 Å². The number of benzene rings is 2.